The summed E-state index contributed by atoms with van der Waals surface area (Å²) in [6, 6.07) is 12.6. The largest absolute Gasteiger partial charge is 0.352 e. The van der Waals surface area contributed by atoms with Crippen molar-refractivity contribution in [3.05, 3.63) is 68.1 Å². The first-order valence-corrected chi connectivity index (χ1v) is 12.8. The first-order chi connectivity index (χ1) is 14.7. The van der Waals surface area contributed by atoms with E-state index in [4.69, 9.17) is 23.2 Å². The molecule has 0 fully saturated rings. The lowest BCUT2D eigenvalue weighted by Crippen LogP contribution is -2.50. The number of rotatable bonds is 10. The van der Waals surface area contributed by atoms with Crippen molar-refractivity contribution in [2.45, 2.75) is 51.6 Å². The van der Waals surface area contributed by atoms with Crippen LogP contribution in [0.3, 0.4) is 0 Å². The normalized spacial score (nSPS) is 12.8. The van der Waals surface area contributed by atoms with Crippen molar-refractivity contribution in [1.29, 1.82) is 0 Å². The number of carbonyl (C=O) groups excluding carboxylic acids is 2. The Balaban J connectivity index is 2.12. The number of thioether (sulfide) groups is 1. The van der Waals surface area contributed by atoms with E-state index in [2.05, 4.69) is 21.2 Å². The second-order valence-corrected chi connectivity index (χ2v) is 10.1. The Morgan fingerprint density at radius 2 is 1.77 bits per heavy atom. The van der Waals surface area contributed by atoms with Crippen molar-refractivity contribution >= 4 is 62.7 Å². The van der Waals surface area contributed by atoms with Gasteiger partial charge in [-0.1, -0.05) is 64.3 Å². The molecule has 1 N–H and O–H groups in total. The number of benzene rings is 2. The van der Waals surface area contributed by atoms with Gasteiger partial charge in [0.05, 0.1) is 5.75 Å². The summed E-state index contributed by atoms with van der Waals surface area (Å²) in [4.78, 5) is 27.5. The molecule has 0 radical (unpaired) electrons. The van der Waals surface area contributed by atoms with Crippen molar-refractivity contribution in [2.75, 3.05) is 5.75 Å². The number of carbonyl (C=O) groups is 2. The van der Waals surface area contributed by atoms with Crippen LogP contribution in [-0.4, -0.2) is 34.6 Å². The highest BCUT2D eigenvalue weighted by Gasteiger charge is 2.26. The fourth-order valence-electron chi connectivity index (χ4n) is 2.87. The summed E-state index contributed by atoms with van der Waals surface area (Å²) in [5, 5.41) is 4.14. The molecule has 0 heterocycles. The van der Waals surface area contributed by atoms with Crippen LogP contribution < -0.4 is 5.32 Å². The van der Waals surface area contributed by atoms with Crippen molar-refractivity contribution < 1.29 is 9.59 Å². The summed E-state index contributed by atoms with van der Waals surface area (Å²) in [5.74, 6) is 0.468. The lowest BCUT2D eigenvalue weighted by molar-refractivity contribution is -0.138. The van der Waals surface area contributed by atoms with Gasteiger partial charge in [0.1, 0.15) is 6.04 Å². The summed E-state index contributed by atoms with van der Waals surface area (Å²) in [5.41, 5.74) is 1.76. The van der Waals surface area contributed by atoms with Crippen molar-refractivity contribution in [2.24, 2.45) is 0 Å². The topological polar surface area (TPSA) is 49.4 Å². The molecule has 8 heteroatoms. The van der Waals surface area contributed by atoms with Crippen LogP contribution in [0.5, 0.6) is 0 Å². The zero-order valence-electron chi connectivity index (χ0n) is 17.8. The second kappa shape index (κ2) is 12.7. The van der Waals surface area contributed by atoms with Gasteiger partial charge in [-0.3, -0.25) is 9.59 Å². The Morgan fingerprint density at radius 1 is 1.13 bits per heavy atom. The zero-order chi connectivity index (χ0) is 23.0. The first-order valence-electron chi connectivity index (χ1n) is 10.1. The average Bonchev–Trinajstić information content (AvgIpc) is 2.73. The minimum Gasteiger partial charge on any atom is -0.352 e. The first kappa shape index (κ1) is 26.0. The molecule has 0 bridgehead atoms. The van der Waals surface area contributed by atoms with E-state index in [1.54, 1.807) is 30.0 Å². The van der Waals surface area contributed by atoms with Crippen LogP contribution in [0.15, 0.2) is 46.9 Å². The molecule has 0 saturated heterocycles. The van der Waals surface area contributed by atoms with E-state index in [1.807, 2.05) is 38.1 Å². The molecular weight excluding hydrogens is 519 g/mol. The average molecular weight is 546 g/mol. The van der Waals surface area contributed by atoms with Gasteiger partial charge in [0, 0.05) is 32.9 Å². The predicted molar refractivity (Wildman–Crippen MR) is 135 cm³/mol. The molecule has 2 unspecified atom stereocenters. The molecule has 2 atom stereocenters. The van der Waals surface area contributed by atoms with E-state index in [0.717, 1.165) is 22.0 Å². The number of hydrogen-bond acceptors (Lipinski definition) is 3. The van der Waals surface area contributed by atoms with Gasteiger partial charge in [0.15, 0.2) is 0 Å². The van der Waals surface area contributed by atoms with Crippen LogP contribution >= 0.6 is 50.9 Å². The third-order valence-corrected chi connectivity index (χ3v) is 7.09. The Morgan fingerprint density at radius 3 is 2.39 bits per heavy atom. The van der Waals surface area contributed by atoms with Gasteiger partial charge < -0.3 is 10.2 Å². The molecule has 168 valence electrons. The second-order valence-electron chi connectivity index (χ2n) is 7.34. The SMILES string of the molecule is CCC(C)NC(=O)C(C)N(Cc1cccc(Br)c1)C(=O)CSCc1c(Cl)cccc1Cl. The fourth-order valence-corrected chi connectivity index (χ4v) is 4.97. The summed E-state index contributed by atoms with van der Waals surface area (Å²) >= 11 is 17.4. The van der Waals surface area contributed by atoms with E-state index in [1.165, 1.54) is 11.8 Å². The van der Waals surface area contributed by atoms with E-state index in [0.29, 0.717) is 22.3 Å². The van der Waals surface area contributed by atoms with Gasteiger partial charge in [-0.15, -0.1) is 11.8 Å². The molecule has 0 aliphatic heterocycles. The molecule has 31 heavy (non-hydrogen) atoms. The van der Waals surface area contributed by atoms with Gasteiger partial charge >= 0.3 is 0 Å². The Kier molecular flexibility index (Phi) is 10.7. The van der Waals surface area contributed by atoms with Crippen LogP contribution in [0.2, 0.25) is 10.0 Å². The van der Waals surface area contributed by atoms with Crippen LogP contribution in [-0.2, 0) is 21.9 Å². The van der Waals surface area contributed by atoms with Gasteiger partial charge in [-0.05, 0) is 55.7 Å². The van der Waals surface area contributed by atoms with Crippen LogP contribution in [0.25, 0.3) is 0 Å². The molecule has 2 aromatic carbocycles. The number of hydrogen-bond donors (Lipinski definition) is 1. The van der Waals surface area contributed by atoms with E-state index in [-0.39, 0.29) is 23.6 Å². The van der Waals surface area contributed by atoms with Crippen molar-refractivity contribution in [3.8, 4) is 0 Å². The monoisotopic (exact) mass is 544 g/mol. The molecule has 2 amide bonds. The van der Waals surface area contributed by atoms with Gasteiger partial charge in [-0.25, -0.2) is 0 Å². The standard InChI is InChI=1S/C23H27BrCl2N2O2S/c1-4-15(2)27-23(30)16(3)28(12-17-7-5-8-18(24)11-17)22(29)14-31-13-19-20(25)9-6-10-21(19)26/h5-11,15-16H,4,12-14H2,1-3H3,(H,27,30). The highest BCUT2D eigenvalue weighted by atomic mass is 79.9. The highest BCUT2D eigenvalue weighted by molar-refractivity contribution is 9.10. The molecule has 0 aromatic heterocycles. The maximum atomic E-state index is 13.1. The van der Waals surface area contributed by atoms with Crippen LogP contribution in [0.4, 0.5) is 0 Å². The summed E-state index contributed by atoms with van der Waals surface area (Å²) in [7, 11) is 0. The predicted octanol–water partition coefficient (Wildman–Crippen LogP) is 6.32. The molecule has 4 nitrogen and oxygen atoms in total. The van der Waals surface area contributed by atoms with Gasteiger partial charge in [0.25, 0.3) is 0 Å². The lowest BCUT2D eigenvalue weighted by atomic mass is 10.1. The summed E-state index contributed by atoms with van der Waals surface area (Å²) < 4.78 is 0.928. The third kappa shape index (κ3) is 8.01. The maximum absolute atomic E-state index is 13.1. The Labute approximate surface area is 207 Å². The summed E-state index contributed by atoms with van der Waals surface area (Å²) in [6.45, 7) is 6.08. The van der Waals surface area contributed by atoms with Gasteiger partial charge in [-0.2, -0.15) is 0 Å². The van der Waals surface area contributed by atoms with Gasteiger partial charge in [0.2, 0.25) is 11.8 Å². The number of halogens is 3. The van der Waals surface area contributed by atoms with Crippen LogP contribution in [0.1, 0.15) is 38.3 Å². The Hall–Kier alpha value is -1.21. The minimum atomic E-state index is -0.593. The number of nitrogens with one attached hydrogen (secondary N) is 1. The molecule has 2 rings (SSSR count). The quantitative estimate of drug-likeness (QED) is 0.380. The molecule has 0 aliphatic carbocycles. The van der Waals surface area contributed by atoms with Crippen molar-refractivity contribution in [3.63, 3.8) is 0 Å². The smallest absolute Gasteiger partial charge is 0.242 e. The van der Waals surface area contributed by atoms with Crippen LogP contribution in [0, 0.1) is 0 Å². The fraction of sp³-hybridized carbons (Fsp3) is 0.391. The number of amides is 2. The molecular formula is C23H27BrCl2N2O2S. The minimum absolute atomic E-state index is 0.0505. The van der Waals surface area contributed by atoms with E-state index >= 15 is 0 Å². The Bertz CT molecular complexity index is 893. The number of nitrogens with zero attached hydrogens (tertiary/aromatic N) is 1. The molecule has 0 saturated carbocycles. The highest BCUT2D eigenvalue weighted by Crippen LogP contribution is 2.28. The third-order valence-electron chi connectivity index (χ3n) is 4.94. The molecule has 0 aliphatic rings. The van der Waals surface area contributed by atoms with E-state index < -0.39 is 6.04 Å². The maximum Gasteiger partial charge on any atom is 0.242 e. The summed E-state index contributed by atoms with van der Waals surface area (Å²) in [6.07, 6.45) is 0.826. The zero-order valence-corrected chi connectivity index (χ0v) is 21.7. The van der Waals surface area contributed by atoms with E-state index in [9.17, 15) is 9.59 Å². The lowest BCUT2D eigenvalue weighted by Gasteiger charge is -2.29. The molecule has 2 aromatic rings. The van der Waals surface area contributed by atoms with Crippen molar-refractivity contribution in [1.82, 2.24) is 10.2 Å². The molecule has 0 spiro atoms.